The maximum Gasteiger partial charge on any atom is 0.167 e. The molecule has 0 bridgehead atoms. The van der Waals surface area contributed by atoms with Crippen LogP contribution in [0.1, 0.15) is 15.9 Å². The van der Waals surface area contributed by atoms with Crippen molar-refractivity contribution in [1.29, 1.82) is 0 Å². The molecular weight excluding hydrogens is 324 g/mol. The summed E-state index contributed by atoms with van der Waals surface area (Å²) in [4.78, 5) is 17.2. The van der Waals surface area contributed by atoms with Crippen LogP contribution in [-0.2, 0) is 6.42 Å². The van der Waals surface area contributed by atoms with Crippen molar-refractivity contribution < 1.29 is 9.53 Å². The highest BCUT2D eigenvalue weighted by atomic mass is 16.5. The van der Waals surface area contributed by atoms with Crippen LogP contribution in [0.3, 0.4) is 0 Å². The van der Waals surface area contributed by atoms with E-state index < -0.39 is 0 Å². The molecule has 0 aliphatic carbocycles. The van der Waals surface area contributed by atoms with Crippen molar-refractivity contribution in [3.05, 3.63) is 90.3 Å². The van der Waals surface area contributed by atoms with Gasteiger partial charge < -0.3 is 9.14 Å². The Hall–Kier alpha value is -3.40. The van der Waals surface area contributed by atoms with Crippen LogP contribution in [0.15, 0.2) is 79.1 Å². The highest BCUT2D eigenvalue weighted by molar-refractivity contribution is 5.97. The molecule has 0 unspecified atom stereocenters. The molecule has 0 saturated heterocycles. The number of aromatic nitrogens is 2. The predicted molar refractivity (Wildman–Crippen MR) is 102 cm³/mol. The summed E-state index contributed by atoms with van der Waals surface area (Å²) in [7, 11) is 1.61. The minimum absolute atomic E-state index is 0.0832. The number of methoxy groups -OCH3 is 1. The molecule has 2 aromatic heterocycles. The van der Waals surface area contributed by atoms with Crippen LogP contribution < -0.4 is 4.74 Å². The van der Waals surface area contributed by atoms with E-state index in [2.05, 4.69) is 4.98 Å². The summed E-state index contributed by atoms with van der Waals surface area (Å²) in [5.41, 5.74) is 4.47. The van der Waals surface area contributed by atoms with Gasteiger partial charge in [0, 0.05) is 29.9 Å². The number of carbonyl (C=O) groups is 1. The Morgan fingerprint density at radius 1 is 1.04 bits per heavy atom. The third kappa shape index (κ3) is 3.22. The molecule has 4 aromatic rings. The average molecular weight is 342 g/mol. The second-order valence-electron chi connectivity index (χ2n) is 6.12. The first kappa shape index (κ1) is 16.1. The first-order chi connectivity index (χ1) is 12.7. The third-order valence-electron chi connectivity index (χ3n) is 4.36. The minimum atomic E-state index is 0.0832. The topological polar surface area (TPSA) is 43.6 Å². The molecule has 4 rings (SSSR count). The first-order valence-electron chi connectivity index (χ1n) is 8.43. The molecule has 128 valence electrons. The lowest BCUT2D eigenvalue weighted by Crippen LogP contribution is -2.03. The molecule has 2 heterocycles. The Bertz CT molecular complexity index is 1030. The predicted octanol–water partition coefficient (Wildman–Crippen LogP) is 4.44. The second kappa shape index (κ2) is 6.84. The summed E-state index contributed by atoms with van der Waals surface area (Å²) in [5.74, 6) is 0.829. The standard InChI is InChI=1S/C22H18N2O2/c1-26-19-10-8-17(9-11-19)21(25)14-16-5-4-6-18(13-16)20-15-24-12-3-2-7-22(24)23-20/h2-13,15H,14H2,1H3. The highest BCUT2D eigenvalue weighted by Crippen LogP contribution is 2.21. The van der Waals surface area contributed by atoms with E-state index in [0.717, 1.165) is 28.2 Å². The van der Waals surface area contributed by atoms with Crippen molar-refractivity contribution in [3.63, 3.8) is 0 Å². The van der Waals surface area contributed by atoms with Crippen LogP contribution in [0.2, 0.25) is 0 Å². The van der Waals surface area contributed by atoms with Gasteiger partial charge in [0.15, 0.2) is 5.78 Å². The zero-order valence-corrected chi connectivity index (χ0v) is 14.4. The van der Waals surface area contributed by atoms with Crippen molar-refractivity contribution >= 4 is 11.4 Å². The molecule has 4 nitrogen and oxygen atoms in total. The summed E-state index contributed by atoms with van der Waals surface area (Å²) in [5, 5.41) is 0. The van der Waals surface area contributed by atoms with Gasteiger partial charge in [-0.3, -0.25) is 4.79 Å². The number of ether oxygens (including phenoxy) is 1. The zero-order valence-electron chi connectivity index (χ0n) is 14.4. The molecule has 4 heteroatoms. The van der Waals surface area contributed by atoms with Gasteiger partial charge in [-0.15, -0.1) is 0 Å². The fraction of sp³-hybridized carbons (Fsp3) is 0.0909. The van der Waals surface area contributed by atoms with Gasteiger partial charge in [-0.1, -0.05) is 24.3 Å². The van der Waals surface area contributed by atoms with Crippen molar-refractivity contribution in [3.8, 4) is 17.0 Å². The van der Waals surface area contributed by atoms with Crippen LogP contribution in [0.4, 0.5) is 0 Å². The number of fused-ring (bicyclic) bond motifs is 1. The number of pyridine rings is 1. The number of hydrogen-bond donors (Lipinski definition) is 0. The number of imidazole rings is 1. The molecule has 0 spiro atoms. The number of Topliss-reactive ketones (excluding diaryl/α,β-unsaturated/α-hetero) is 1. The third-order valence-corrected chi connectivity index (χ3v) is 4.36. The molecule has 0 aliphatic rings. The number of hydrogen-bond acceptors (Lipinski definition) is 3. The van der Waals surface area contributed by atoms with E-state index >= 15 is 0 Å². The lowest BCUT2D eigenvalue weighted by Gasteiger charge is -2.05. The van der Waals surface area contributed by atoms with Crippen molar-refractivity contribution in [1.82, 2.24) is 9.38 Å². The first-order valence-corrected chi connectivity index (χ1v) is 8.43. The number of ketones is 1. The fourth-order valence-electron chi connectivity index (χ4n) is 2.98. The van der Waals surface area contributed by atoms with E-state index in [1.807, 2.05) is 59.3 Å². The molecule has 0 amide bonds. The lowest BCUT2D eigenvalue weighted by atomic mass is 10.0. The van der Waals surface area contributed by atoms with Gasteiger partial charge in [0.2, 0.25) is 0 Å². The smallest absolute Gasteiger partial charge is 0.167 e. The molecule has 0 fully saturated rings. The van der Waals surface area contributed by atoms with E-state index in [4.69, 9.17) is 4.74 Å². The van der Waals surface area contributed by atoms with Crippen molar-refractivity contribution in [2.24, 2.45) is 0 Å². The Morgan fingerprint density at radius 3 is 2.65 bits per heavy atom. The van der Waals surface area contributed by atoms with Crippen molar-refractivity contribution in [2.75, 3.05) is 7.11 Å². The average Bonchev–Trinajstić information content (AvgIpc) is 3.12. The van der Waals surface area contributed by atoms with Gasteiger partial charge in [-0.05, 0) is 48.0 Å². The van der Waals surface area contributed by atoms with Crippen LogP contribution in [0.5, 0.6) is 5.75 Å². The lowest BCUT2D eigenvalue weighted by molar-refractivity contribution is 0.0993. The van der Waals surface area contributed by atoms with Crippen LogP contribution in [0.25, 0.3) is 16.9 Å². The molecular formula is C22H18N2O2. The second-order valence-corrected chi connectivity index (χ2v) is 6.12. The summed E-state index contributed by atoms with van der Waals surface area (Å²) >= 11 is 0. The molecule has 0 radical (unpaired) electrons. The Balaban J connectivity index is 1.57. The summed E-state index contributed by atoms with van der Waals surface area (Å²) < 4.78 is 7.13. The van der Waals surface area contributed by atoms with Gasteiger partial charge in [0.05, 0.1) is 12.8 Å². The quantitative estimate of drug-likeness (QED) is 0.504. The molecule has 26 heavy (non-hydrogen) atoms. The monoisotopic (exact) mass is 342 g/mol. The molecule has 0 atom stereocenters. The van der Waals surface area contributed by atoms with E-state index in [0.29, 0.717) is 12.0 Å². The molecule has 0 aliphatic heterocycles. The van der Waals surface area contributed by atoms with Crippen LogP contribution in [-0.4, -0.2) is 22.3 Å². The summed E-state index contributed by atoms with van der Waals surface area (Å²) in [6.07, 6.45) is 4.33. The summed E-state index contributed by atoms with van der Waals surface area (Å²) in [6, 6.07) is 21.1. The SMILES string of the molecule is COc1ccc(C(=O)Cc2cccc(-c3cn4ccccc4n3)c2)cc1. The van der Waals surface area contributed by atoms with E-state index in [9.17, 15) is 4.79 Å². The number of nitrogens with zero attached hydrogens (tertiary/aromatic N) is 2. The zero-order chi connectivity index (χ0) is 17.9. The number of rotatable bonds is 5. The van der Waals surface area contributed by atoms with E-state index in [-0.39, 0.29) is 5.78 Å². The molecule has 0 N–H and O–H groups in total. The van der Waals surface area contributed by atoms with Gasteiger partial charge in [0.1, 0.15) is 11.4 Å². The maximum absolute atomic E-state index is 12.5. The molecule has 0 saturated carbocycles. The number of benzene rings is 2. The van der Waals surface area contributed by atoms with E-state index in [1.165, 1.54) is 0 Å². The van der Waals surface area contributed by atoms with Crippen LogP contribution >= 0.6 is 0 Å². The maximum atomic E-state index is 12.5. The summed E-state index contributed by atoms with van der Waals surface area (Å²) in [6.45, 7) is 0. The van der Waals surface area contributed by atoms with Crippen molar-refractivity contribution in [2.45, 2.75) is 6.42 Å². The van der Waals surface area contributed by atoms with Gasteiger partial charge in [0.25, 0.3) is 0 Å². The fourth-order valence-corrected chi connectivity index (χ4v) is 2.98. The Kier molecular flexibility index (Phi) is 4.23. The largest absolute Gasteiger partial charge is 0.497 e. The Labute approximate surface area is 151 Å². The minimum Gasteiger partial charge on any atom is -0.497 e. The van der Waals surface area contributed by atoms with E-state index in [1.54, 1.807) is 31.4 Å². The highest BCUT2D eigenvalue weighted by Gasteiger charge is 2.10. The van der Waals surface area contributed by atoms with Gasteiger partial charge >= 0.3 is 0 Å². The van der Waals surface area contributed by atoms with Gasteiger partial charge in [-0.25, -0.2) is 4.98 Å². The Morgan fingerprint density at radius 2 is 1.88 bits per heavy atom. The molecule has 2 aromatic carbocycles. The van der Waals surface area contributed by atoms with Gasteiger partial charge in [-0.2, -0.15) is 0 Å². The normalized spacial score (nSPS) is 10.8. The number of carbonyl (C=O) groups excluding carboxylic acids is 1. The van der Waals surface area contributed by atoms with Crippen LogP contribution in [0, 0.1) is 0 Å².